The number of anilines is 1. The molecule has 15 heavy (non-hydrogen) atoms. The average molecular weight is 232 g/mol. The van der Waals surface area contributed by atoms with E-state index in [1.165, 1.54) is 11.0 Å². The lowest BCUT2D eigenvalue weighted by Crippen LogP contribution is -2.24. The Hall–Kier alpha value is -1.16. The summed E-state index contributed by atoms with van der Waals surface area (Å²) in [5, 5.41) is -0.259. The summed E-state index contributed by atoms with van der Waals surface area (Å²) in [6.45, 7) is 0.339. The number of carbonyl (C=O) groups is 1. The first-order chi connectivity index (χ1) is 7.08. The second-order valence-electron chi connectivity index (χ2n) is 3.40. The van der Waals surface area contributed by atoms with E-state index in [4.69, 9.17) is 11.6 Å². The molecule has 0 bridgehead atoms. The van der Waals surface area contributed by atoms with Crippen LogP contribution >= 0.6 is 11.6 Å². The molecule has 1 aliphatic heterocycles. The minimum absolute atomic E-state index is 0.166. The molecule has 0 aliphatic carbocycles. The molecule has 1 aromatic carbocycles. The standard InChI is InChI=1S/C10H8ClF2NO/c11-6-3-10(15)14(5-6)7-1-2-8(12)9(13)4-7/h1-2,4,6H,3,5H2. The van der Waals surface area contributed by atoms with Crippen LogP contribution in [0, 0.1) is 11.6 Å². The SMILES string of the molecule is O=C1CC(Cl)CN1c1ccc(F)c(F)c1. The molecule has 0 aromatic heterocycles. The average Bonchev–Trinajstić information content (AvgIpc) is 2.50. The zero-order valence-corrected chi connectivity index (χ0v) is 8.47. The first kappa shape index (κ1) is 10.4. The smallest absolute Gasteiger partial charge is 0.228 e. The number of benzene rings is 1. The van der Waals surface area contributed by atoms with Gasteiger partial charge in [0.1, 0.15) is 0 Å². The fraction of sp³-hybridized carbons (Fsp3) is 0.300. The van der Waals surface area contributed by atoms with Gasteiger partial charge in [0.25, 0.3) is 0 Å². The highest BCUT2D eigenvalue weighted by molar-refractivity contribution is 6.24. The van der Waals surface area contributed by atoms with Crippen molar-refractivity contribution >= 4 is 23.2 Å². The highest BCUT2D eigenvalue weighted by atomic mass is 35.5. The van der Waals surface area contributed by atoms with Crippen molar-refractivity contribution in [1.82, 2.24) is 0 Å². The maximum absolute atomic E-state index is 12.9. The van der Waals surface area contributed by atoms with Gasteiger partial charge in [-0.2, -0.15) is 0 Å². The summed E-state index contributed by atoms with van der Waals surface area (Å²) in [6.07, 6.45) is 0.237. The highest BCUT2D eigenvalue weighted by Gasteiger charge is 2.29. The molecule has 2 nitrogen and oxygen atoms in total. The molecule has 1 atom stereocenters. The van der Waals surface area contributed by atoms with Crippen LogP contribution in [0.4, 0.5) is 14.5 Å². The number of hydrogen-bond donors (Lipinski definition) is 0. The van der Waals surface area contributed by atoms with Crippen LogP contribution in [0.15, 0.2) is 18.2 Å². The normalized spacial score (nSPS) is 21.1. The van der Waals surface area contributed by atoms with Crippen molar-refractivity contribution in [2.75, 3.05) is 11.4 Å². The van der Waals surface area contributed by atoms with Gasteiger partial charge in [-0.05, 0) is 12.1 Å². The van der Waals surface area contributed by atoms with Crippen molar-refractivity contribution < 1.29 is 13.6 Å². The lowest BCUT2D eigenvalue weighted by molar-refractivity contribution is -0.117. The summed E-state index contributed by atoms with van der Waals surface area (Å²) < 4.78 is 25.6. The third kappa shape index (κ3) is 1.95. The Morgan fingerprint density at radius 1 is 1.33 bits per heavy atom. The van der Waals surface area contributed by atoms with Crippen LogP contribution in [0.2, 0.25) is 0 Å². The summed E-state index contributed by atoms with van der Waals surface area (Å²) in [5.41, 5.74) is 0.349. The Morgan fingerprint density at radius 3 is 2.60 bits per heavy atom. The maximum Gasteiger partial charge on any atom is 0.228 e. The van der Waals surface area contributed by atoms with Crippen molar-refractivity contribution in [3.05, 3.63) is 29.8 Å². The summed E-state index contributed by atoms with van der Waals surface area (Å²) in [5.74, 6) is -2.05. The summed E-state index contributed by atoms with van der Waals surface area (Å²) in [7, 11) is 0. The Labute approximate surface area is 90.4 Å². The molecule has 1 saturated heterocycles. The third-order valence-electron chi connectivity index (χ3n) is 2.29. The van der Waals surface area contributed by atoms with Crippen LogP contribution in [-0.4, -0.2) is 17.8 Å². The summed E-state index contributed by atoms with van der Waals surface area (Å²) in [4.78, 5) is 12.8. The number of carbonyl (C=O) groups excluding carboxylic acids is 1. The quantitative estimate of drug-likeness (QED) is 0.680. The first-order valence-electron chi connectivity index (χ1n) is 4.47. The molecule has 80 valence electrons. The molecule has 1 unspecified atom stereocenters. The van der Waals surface area contributed by atoms with Crippen molar-refractivity contribution in [2.24, 2.45) is 0 Å². The van der Waals surface area contributed by atoms with Crippen LogP contribution in [-0.2, 0) is 4.79 Å². The van der Waals surface area contributed by atoms with Crippen molar-refractivity contribution in [2.45, 2.75) is 11.8 Å². The van der Waals surface area contributed by atoms with E-state index in [0.717, 1.165) is 12.1 Å². The molecule has 1 fully saturated rings. The van der Waals surface area contributed by atoms with E-state index in [9.17, 15) is 13.6 Å². The Balaban J connectivity index is 2.30. The van der Waals surface area contributed by atoms with E-state index in [2.05, 4.69) is 0 Å². The van der Waals surface area contributed by atoms with Crippen LogP contribution in [0.3, 0.4) is 0 Å². The number of rotatable bonds is 1. The topological polar surface area (TPSA) is 20.3 Å². The Morgan fingerprint density at radius 2 is 2.07 bits per heavy atom. The second kappa shape index (κ2) is 3.77. The van der Waals surface area contributed by atoms with E-state index in [1.807, 2.05) is 0 Å². The molecule has 0 N–H and O–H groups in total. The minimum atomic E-state index is -0.960. The number of hydrogen-bond acceptors (Lipinski definition) is 1. The molecule has 5 heteroatoms. The summed E-state index contributed by atoms with van der Waals surface area (Å²) >= 11 is 5.79. The third-order valence-corrected chi connectivity index (χ3v) is 2.59. The van der Waals surface area contributed by atoms with Crippen LogP contribution in [0.1, 0.15) is 6.42 Å². The van der Waals surface area contributed by atoms with Crippen molar-refractivity contribution in [3.8, 4) is 0 Å². The van der Waals surface area contributed by atoms with Crippen LogP contribution < -0.4 is 4.90 Å². The highest BCUT2D eigenvalue weighted by Crippen LogP contribution is 2.25. The number of amides is 1. The molecular formula is C10H8ClF2NO. The Bertz CT molecular complexity index is 410. The predicted molar refractivity (Wildman–Crippen MR) is 53.0 cm³/mol. The van der Waals surface area contributed by atoms with Gasteiger partial charge in [0, 0.05) is 24.7 Å². The molecule has 1 heterocycles. The first-order valence-corrected chi connectivity index (χ1v) is 4.91. The van der Waals surface area contributed by atoms with E-state index in [1.54, 1.807) is 0 Å². The van der Waals surface area contributed by atoms with Gasteiger partial charge in [-0.3, -0.25) is 4.79 Å². The zero-order chi connectivity index (χ0) is 11.0. The largest absolute Gasteiger partial charge is 0.311 e. The van der Waals surface area contributed by atoms with Gasteiger partial charge in [0.2, 0.25) is 5.91 Å². The van der Waals surface area contributed by atoms with Gasteiger partial charge in [-0.1, -0.05) is 0 Å². The number of halogens is 3. The number of nitrogens with zero attached hydrogens (tertiary/aromatic N) is 1. The van der Waals surface area contributed by atoms with Crippen molar-refractivity contribution in [3.63, 3.8) is 0 Å². The lowest BCUT2D eigenvalue weighted by Gasteiger charge is -2.15. The monoisotopic (exact) mass is 231 g/mol. The predicted octanol–water partition coefficient (Wildman–Crippen LogP) is 2.31. The van der Waals surface area contributed by atoms with E-state index < -0.39 is 11.6 Å². The van der Waals surface area contributed by atoms with Crippen molar-refractivity contribution in [1.29, 1.82) is 0 Å². The molecule has 1 amide bonds. The van der Waals surface area contributed by atoms with Crippen LogP contribution in [0.25, 0.3) is 0 Å². The molecule has 0 saturated carbocycles. The van der Waals surface area contributed by atoms with Gasteiger partial charge in [-0.25, -0.2) is 8.78 Å². The fourth-order valence-electron chi connectivity index (χ4n) is 1.57. The molecule has 0 radical (unpaired) electrons. The second-order valence-corrected chi connectivity index (χ2v) is 4.02. The van der Waals surface area contributed by atoms with Gasteiger partial charge in [-0.15, -0.1) is 11.6 Å². The maximum atomic E-state index is 12.9. The van der Waals surface area contributed by atoms with Gasteiger partial charge in [0.15, 0.2) is 11.6 Å². The molecule has 2 rings (SSSR count). The molecule has 0 spiro atoms. The summed E-state index contributed by atoms with van der Waals surface area (Å²) in [6, 6.07) is 3.37. The lowest BCUT2D eigenvalue weighted by atomic mass is 10.3. The van der Waals surface area contributed by atoms with E-state index in [0.29, 0.717) is 12.2 Å². The van der Waals surface area contributed by atoms with E-state index >= 15 is 0 Å². The molecule has 1 aliphatic rings. The van der Waals surface area contributed by atoms with Gasteiger partial charge in [0.05, 0.1) is 5.38 Å². The van der Waals surface area contributed by atoms with Gasteiger partial charge < -0.3 is 4.90 Å². The van der Waals surface area contributed by atoms with E-state index in [-0.39, 0.29) is 17.7 Å². The van der Waals surface area contributed by atoms with Gasteiger partial charge >= 0.3 is 0 Å². The zero-order valence-electron chi connectivity index (χ0n) is 7.71. The fourth-order valence-corrected chi connectivity index (χ4v) is 1.84. The number of alkyl halides is 1. The minimum Gasteiger partial charge on any atom is -0.311 e. The molecule has 1 aromatic rings. The Kier molecular flexibility index (Phi) is 2.61. The van der Waals surface area contributed by atoms with Crippen LogP contribution in [0.5, 0.6) is 0 Å². The molecular weight excluding hydrogens is 224 g/mol.